The number of rotatable bonds is 6. The minimum atomic E-state index is -0.0742. The summed E-state index contributed by atoms with van der Waals surface area (Å²) >= 11 is 0. The van der Waals surface area contributed by atoms with E-state index in [2.05, 4.69) is 11.5 Å². The van der Waals surface area contributed by atoms with Gasteiger partial charge in [0.2, 0.25) is 0 Å². The van der Waals surface area contributed by atoms with E-state index in [-0.39, 0.29) is 6.04 Å². The Morgan fingerprint density at radius 2 is 1.81 bits per heavy atom. The maximum atomic E-state index is 5.79. The molecule has 2 rings (SSSR count). The number of nitrogens with one attached hydrogen (secondary N) is 1. The topological polar surface area (TPSA) is 56.5 Å². The fraction of sp³-hybridized carbons (Fsp3) is 0.294. The van der Waals surface area contributed by atoms with Crippen LogP contribution in [0.3, 0.4) is 0 Å². The van der Waals surface area contributed by atoms with Crippen molar-refractivity contribution in [3.63, 3.8) is 0 Å². The molecule has 2 aromatic rings. The van der Waals surface area contributed by atoms with Crippen molar-refractivity contribution in [1.29, 1.82) is 0 Å². The van der Waals surface area contributed by atoms with Gasteiger partial charge < -0.3 is 9.47 Å². The number of hydrogen-bond donors (Lipinski definition) is 2. The summed E-state index contributed by atoms with van der Waals surface area (Å²) in [6.45, 7) is 4.53. The Morgan fingerprint density at radius 1 is 1.10 bits per heavy atom. The quantitative estimate of drug-likeness (QED) is 0.633. The molecule has 1 atom stereocenters. The summed E-state index contributed by atoms with van der Waals surface area (Å²) in [5.41, 5.74) is 6.15. The first-order valence-electron chi connectivity index (χ1n) is 6.94. The Morgan fingerprint density at radius 3 is 2.43 bits per heavy atom. The smallest absolute Gasteiger partial charge is 0.122 e. The van der Waals surface area contributed by atoms with E-state index in [9.17, 15) is 0 Å². The maximum absolute atomic E-state index is 5.79. The zero-order valence-corrected chi connectivity index (χ0v) is 12.7. The zero-order valence-electron chi connectivity index (χ0n) is 12.7. The van der Waals surface area contributed by atoms with Crippen molar-refractivity contribution < 1.29 is 9.47 Å². The summed E-state index contributed by atoms with van der Waals surface area (Å²) in [6.07, 6.45) is 0. The van der Waals surface area contributed by atoms with Crippen LogP contribution >= 0.6 is 0 Å². The predicted molar refractivity (Wildman–Crippen MR) is 84.5 cm³/mol. The van der Waals surface area contributed by atoms with E-state index in [0.29, 0.717) is 6.61 Å². The summed E-state index contributed by atoms with van der Waals surface area (Å²) in [7, 11) is 1.68. The van der Waals surface area contributed by atoms with E-state index in [4.69, 9.17) is 15.3 Å². The van der Waals surface area contributed by atoms with Crippen LogP contribution in [0.4, 0.5) is 0 Å². The molecule has 0 bridgehead atoms. The molecular formula is C17H22N2O2. The van der Waals surface area contributed by atoms with Gasteiger partial charge in [0.1, 0.15) is 18.1 Å². The Labute approximate surface area is 125 Å². The molecule has 112 valence electrons. The molecule has 0 aliphatic carbocycles. The van der Waals surface area contributed by atoms with E-state index in [1.165, 1.54) is 0 Å². The van der Waals surface area contributed by atoms with Gasteiger partial charge in [-0.1, -0.05) is 24.3 Å². The highest BCUT2D eigenvalue weighted by atomic mass is 16.5. The summed E-state index contributed by atoms with van der Waals surface area (Å²) in [5.74, 6) is 7.42. The zero-order chi connectivity index (χ0) is 15.2. The van der Waals surface area contributed by atoms with Gasteiger partial charge in [0.05, 0.1) is 13.2 Å². The third kappa shape index (κ3) is 3.74. The van der Waals surface area contributed by atoms with Crippen LogP contribution < -0.4 is 20.7 Å². The lowest BCUT2D eigenvalue weighted by molar-refractivity contribution is 0.267. The number of aryl methyl sites for hydroxylation is 2. The summed E-state index contributed by atoms with van der Waals surface area (Å²) in [4.78, 5) is 0. The molecule has 0 fully saturated rings. The Bertz CT molecular complexity index is 585. The van der Waals surface area contributed by atoms with Crippen molar-refractivity contribution >= 4 is 0 Å². The first-order chi connectivity index (χ1) is 10.2. The fourth-order valence-corrected chi connectivity index (χ4v) is 2.33. The molecule has 0 aromatic heterocycles. The van der Waals surface area contributed by atoms with Gasteiger partial charge in [0.25, 0.3) is 0 Å². The molecule has 4 nitrogen and oxygen atoms in total. The van der Waals surface area contributed by atoms with Crippen molar-refractivity contribution in [2.45, 2.75) is 19.9 Å². The second-order valence-corrected chi connectivity index (χ2v) is 5.02. The summed E-state index contributed by atoms with van der Waals surface area (Å²) < 4.78 is 11.1. The molecule has 0 aliphatic heterocycles. The van der Waals surface area contributed by atoms with Crippen LogP contribution in [0.5, 0.6) is 11.5 Å². The lowest BCUT2D eigenvalue weighted by Crippen LogP contribution is -2.33. The minimum absolute atomic E-state index is 0.0742. The SMILES string of the molecule is COc1cc(C)c(C(COc2ccccc2)NN)cc1C. The maximum Gasteiger partial charge on any atom is 0.122 e. The van der Waals surface area contributed by atoms with Gasteiger partial charge in [0.15, 0.2) is 0 Å². The Kier molecular flexibility index (Phi) is 5.20. The van der Waals surface area contributed by atoms with E-state index in [1.807, 2.05) is 50.2 Å². The molecule has 0 radical (unpaired) electrons. The van der Waals surface area contributed by atoms with E-state index >= 15 is 0 Å². The minimum Gasteiger partial charge on any atom is -0.496 e. The number of ether oxygens (including phenoxy) is 2. The largest absolute Gasteiger partial charge is 0.496 e. The highest BCUT2D eigenvalue weighted by Crippen LogP contribution is 2.27. The third-order valence-corrected chi connectivity index (χ3v) is 3.52. The van der Waals surface area contributed by atoms with E-state index in [1.54, 1.807) is 7.11 Å². The fourth-order valence-electron chi connectivity index (χ4n) is 2.33. The highest BCUT2D eigenvalue weighted by Gasteiger charge is 2.15. The molecule has 2 aromatic carbocycles. The molecule has 0 spiro atoms. The molecule has 4 heteroatoms. The Hall–Kier alpha value is -2.04. The van der Waals surface area contributed by atoms with Gasteiger partial charge in [-0.15, -0.1) is 0 Å². The molecule has 21 heavy (non-hydrogen) atoms. The summed E-state index contributed by atoms with van der Waals surface area (Å²) in [5, 5.41) is 0. The number of para-hydroxylation sites is 1. The lowest BCUT2D eigenvalue weighted by Gasteiger charge is -2.20. The van der Waals surface area contributed by atoms with E-state index < -0.39 is 0 Å². The van der Waals surface area contributed by atoms with E-state index in [0.717, 1.165) is 28.2 Å². The highest BCUT2D eigenvalue weighted by molar-refractivity contribution is 5.43. The monoisotopic (exact) mass is 286 g/mol. The molecule has 3 N–H and O–H groups in total. The van der Waals surface area contributed by atoms with Crippen molar-refractivity contribution in [3.8, 4) is 11.5 Å². The number of hydrazine groups is 1. The van der Waals surface area contributed by atoms with Gasteiger partial charge in [-0.2, -0.15) is 0 Å². The molecule has 0 saturated carbocycles. The van der Waals surface area contributed by atoms with Gasteiger partial charge in [-0.25, -0.2) is 5.43 Å². The van der Waals surface area contributed by atoms with Gasteiger partial charge >= 0.3 is 0 Å². The first-order valence-corrected chi connectivity index (χ1v) is 6.94. The number of hydrogen-bond acceptors (Lipinski definition) is 4. The van der Waals surface area contributed by atoms with Crippen molar-refractivity contribution in [2.75, 3.05) is 13.7 Å². The molecule has 0 heterocycles. The average molecular weight is 286 g/mol. The van der Waals surface area contributed by atoms with Crippen LogP contribution in [0, 0.1) is 13.8 Å². The van der Waals surface area contributed by atoms with Gasteiger partial charge in [0, 0.05) is 0 Å². The van der Waals surface area contributed by atoms with Crippen LogP contribution in [0.1, 0.15) is 22.7 Å². The number of benzene rings is 2. The van der Waals surface area contributed by atoms with Crippen LogP contribution in [0.2, 0.25) is 0 Å². The second kappa shape index (κ2) is 7.11. The molecule has 1 unspecified atom stereocenters. The van der Waals surface area contributed by atoms with Crippen molar-refractivity contribution in [1.82, 2.24) is 5.43 Å². The van der Waals surface area contributed by atoms with Gasteiger partial charge in [-0.05, 0) is 48.7 Å². The van der Waals surface area contributed by atoms with Crippen LogP contribution in [-0.2, 0) is 0 Å². The van der Waals surface area contributed by atoms with Crippen molar-refractivity contribution in [3.05, 3.63) is 59.2 Å². The van der Waals surface area contributed by atoms with Crippen LogP contribution in [0.25, 0.3) is 0 Å². The predicted octanol–water partition coefficient (Wildman–Crippen LogP) is 2.90. The molecule has 0 amide bonds. The van der Waals surface area contributed by atoms with Crippen LogP contribution in [0.15, 0.2) is 42.5 Å². The average Bonchev–Trinajstić information content (AvgIpc) is 2.51. The normalized spacial score (nSPS) is 12.0. The Balaban J connectivity index is 2.16. The first kappa shape index (κ1) is 15.4. The standard InChI is InChI=1S/C17H22N2O2/c1-12-10-17(20-3)13(2)9-15(12)16(19-18)11-21-14-7-5-4-6-8-14/h4-10,16,19H,11,18H2,1-3H3. The molecule has 0 saturated heterocycles. The number of nitrogens with two attached hydrogens (primary N) is 1. The molecular weight excluding hydrogens is 264 g/mol. The summed E-state index contributed by atoms with van der Waals surface area (Å²) in [6, 6.07) is 13.8. The van der Waals surface area contributed by atoms with Crippen molar-refractivity contribution in [2.24, 2.45) is 5.84 Å². The van der Waals surface area contributed by atoms with Crippen LogP contribution in [-0.4, -0.2) is 13.7 Å². The third-order valence-electron chi connectivity index (χ3n) is 3.52. The number of methoxy groups -OCH3 is 1. The lowest BCUT2D eigenvalue weighted by atomic mass is 9.99. The van der Waals surface area contributed by atoms with Gasteiger partial charge in [-0.3, -0.25) is 5.84 Å². The molecule has 0 aliphatic rings. The second-order valence-electron chi connectivity index (χ2n) is 5.02.